The topological polar surface area (TPSA) is 84.3 Å². The lowest BCUT2D eigenvalue weighted by Gasteiger charge is -2.34. The van der Waals surface area contributed by atoms with Gasteiger partial charge in [-0.2, -0.15) is 0 Å². The summed E-state index contributed by atoms with van der Waals surface area (Å²) in [5, 5.41) is 18.5. The van der Waals surface area contributed by atoms with Crippen molar-refractivity contribution in [1.82, 2.24) is 0 Å². The maximum atomic E-state index is 13.3. The summed E-state index contributed by atoms with van der Waals surface area (Å²) in [6.07, 6.45) is 1.14. The summed E-state index contributed by atoms with van der Waals surface area (Å²) in [5.41, 5.74) is 5.85. The van der Waals surface area contributed by atoms with E-state index in [4.69, 9.17) is 11.6 Å². The Morgan fingerprint density at radius 3 is 2.43 bits per heavy atom. The minimum atomic E-state index is -0.504. The lowest BCUT2D eigenvalue weighted by atomic mass is 9.73. The van der Waals surface area contributed by atoms with Crippen molar-refractivity contribution in [3.63, 3.8) is 0 Å². The van der Waals surface area contributed by atoms with Gasteiger partial charge in [-0.25, -0.2) is 0 Å². The molecule has 1 aliphatic carbocycles. The third kappa shape index (κ3) is 3.56. The summed E-state index contributed by atoms with van der Waals surface area (Å²) in [4.78, 5) is 24.2. The number of carbonyl (C=O) groups is 1. The second-order valence-electron chi connectivity index (χ2n) is 8.99. The number of nitrogens with zero attached hydrogens (tertiary/aromatic N) is 1. The van der Waals surface area contributed by atoms with Gasteiger partial charge >= 0.3 is 0 Å². The first-order valence-electron chi connectivity index (χ1n) is 9.90. The molecule has 2 aromatic rings. The van der Waals surface area contributed by atoms with E-state index in [0.717, 1.165) is 28.2 Å². The van der Waals surface area contributed by atoms with E-state index in [0.29, 0.717) is 24.0 Å². The molecule has 156 valence electrons. The predicted octanol–water partition coefficient (Wildman–Crippen LogP) is 6.09. The van der Waals surface area contributed by atoms with E-state index in [1.54, 1.807) is 6.07 Å². The second kappa shape index (κ2) is 7.13. The summed E-state index contributed by atoms with van der Waals surface area (Å²) >= 11 is 6.03. The number of benzene rings is 2. The Labute approximate surface area is 180 Å². The van der Waals surface area contributed by atoms with E-state index >= 15 is 0 Å². The van der Waals surface area contributed by atoms with E-state index < -0.39 is 11.0 Å². The van der Waals surface area contributed by atoms with Gasteiger partial charge in [0, 0.05) is 23.8 Å². The molecule has 0 saturated carbocycles. The van der Waals surface area contributed by atoms with Gasteiger partial charge in [0.05, 0.1) is 22.3 Å². The monoisotopic (exact) mass is 425 g/mol. The van der Waals surface area contributed by atoms with Crippen LogP contribution in [0.1, 0.15) is 49.4 Å². The van der Waals surface area contributed by atoms with Crippen LogP contribution in [0.15, 0.2) is 41.6 Å². The number of anilines is 2. The minimum Gasteiger partial charge on any atom is -0.372 e. The number of carbonyl (C=O) groups excluding carboxylic acids is 1. The van der Waals surface area contributed by atoms with Crippen LogP contribution >= 0.6 is 11.6 Å². The molecule has 0 amide bonds. The molecule has 1 atom stereocenters. The fraction of sp³-hybridized carbons (Fsp3) is 0.348. The van der Waals surface area contributed by atoms with Crippen LogP contribution in [-0.2, 0) is 4.79 Å². The molecule has 0 bridgehead atoms. The van der Waals surface area contributed by atoms with Gasteiger partial charge in [-0.05, 0) is 60.6 Å². The highest BCUT2D eigenvalue weighted by molar-refractivity contribution is 6.32. The van der Waals surface area contributed by atoms with Gasteiger partial charge in [0.15, 0.2) is 5.78 Å². The van der Waals surface area contributed by atoms with Gasteiger partial charge in [0.25, 0.3) is 5.69 Å². The largest absolute Gasteiger partial charge is 0.372 e. The predicted molar refractivity (Wildman–Crippen MR) is 119 cm³/mol. The Bertz CT molecular complexity index is 1120. The highest BCUT2D eigenvalue weighted by atomic mass is 35.5. The van der Waals surface area contributed by atoms with Gasteiger partial charge in [0.1, 0.15) is 5.02 Å². The number of aryl methyl sites for hydroxylation is 2. The number of nitrogens with one attached hydrogen (secondary N) is 2. The zero-order valence-corrected chi connectivity index (χ0v) is 18.2. The number of nitro groups is 1. The second-order valence-corrected chi connectivity index (χ2v) is 9.39. The van der Waals surface area contributed by atoms with Crippen LogP contribution in [-0.4, -0.2) is 10.7 Å². The lowest BCUT2D eigenvalue weighted by molar-refractivity contribution is -0.384. The molecule has 0 spiro atoms. The van der Waals surface area contributed by atoms with E-state index in [1.165, 1.54) is 12.1 Å². The van der Waals surface area contributed by atoms with Crippen LogP contribution in [0.25, 0.3) is 0 Å². The van der Waals surface area contributed by atoms with Gasteiger partial charge in [-0.15, -0.1) is 0 Å². The molecule has 0 fully saturated rings. The maximum Gasteiger partial charge on any atom is 0.288 e. The molecule has 0 unspecified atom stereocenters. The molecule has 0 saturated heterocycles. The molecule has 2 aliphatic rings. The molecule has 1 heterocycles. The van der Waals surface area contributed by atoms with Gasteiger partial charge < -0.3 is 10.6 Å². The van der Waals surface area contributed by atoms with E-state index in [-0.39, 0.29) is 21.9 Å². The SMILES string of the molecule is Cc1cc2c(cc1C)N[C@H](c1ccc(Cl)c([N+](=O)[O-])c1)C1=C(CC(C)(C)CC1=O)N2. The van der Waals surface area contributed by atoms with Crippen LogP contribution in [0.2, 0.25) is 5.02 Å². The first-order chi connectivity index (χ1) is 14.1. The third-order valence-corrected chi connectivity index (χ3v) is 6.25. The highest BCUT2D eigenvalue weighted by Crippen LogP contribution is 2.46. The number of nitro benzene ring substituents is 1. The van der Waals surface area contributed by atoms with Crippen molar-refractivity contribution in [3.05, 3.63) is 73.4 Å². The number of ketones is 1. The van der Waals surface area contributed by atoms with Crippen LogP contribution in [0, 0.1) is 29.4 Å². The summed E-state index contributed by atoms with van der Waals surface area (Å²) < 4.78 is 0. The molecule has 0 radical (unpaired) electrons. The van der Waals surface area contributed by atoms with Crippen LogP contribution in [0.3, 0.4) is 0 Å². The number of fused-ring (bicyclic) bond motifs is 1. The molecule has 2 aromatic carbocycles. The summed E-state index contributed by atoms with van der Waals surface area (Å²) in [6, 6.07) is 8.34. The fourth-order valence-electron chi connectivity index (χ4n) is 4.31. The molecule has 30 heavy (non-hydrogen) atoms. The van der Waals surface area contributed by atoms with E-state index in [1.807, 2.05) is 19.9 Å². The van der Waals surface area contributed by atoms with Crippen molar-refractivity contribution >= 4 is 34.4 Å². The Hall–Kier alpha value is -2.86. The Morgan fingerprint density at radius 2 is 1.77 bits per heavy atom. The quantitative estimate of drug-likeness (QED) is 0.449. The van der Waals surface area contributed by atoms with Crippen LogP contribution in [0.5, 0.6) is 0 Å². The molecule has 2 N–H and O–H groups in total. The number of allylic oxidation sites excluding steroid dienone is 1. The number of rotatable bonds is 2. The van der Waals surface area contributed by atoms with Gasteiger partial charge in [-0.3, -0.25) is 14.9 Å². The van der Waals surface area contributed by atoms with E-state index in [2.05, 4.69) is 30.5 Å². The first-order valence-corrected chi connectivity index (χ1v) is 10.3. The van der Waals surface area contributed by atoms with Crippen molar-refractivity contribution in [2.75, 3.05) is 10.6 Å². The number of Topliss-reactive ketones (excluding diaryl/α,β-unsaturated/α-hetero) is 1. The Morgan fingerprint density at radius 1 is 1.10 bits per heavy atom. The Balaban J connectivity index is 1.93. The first kappa shape index (κ1) is 20.4. The molecule has 6 nitrogen and oxygen atoms in total. The standard InChI is InChI=1S/C23H24ClN3O3/c1-12-7-16-17(8-13(12)2)26-22(14-5-6-15(24)19(9-14)27(29)30)21-18(25-16)10-23(3,4)11-20(21)28/h5-9,22,25-26H,10-11H2,1-4H3/t22-/m1/s1. The lowest BCUT2D eigenvalue weighted by Crippen LogP contribution is -2.31. The molecule has 4 rings (SSSR count). The zero-order valence-electron chi connectivity index (χ0n) is 17.4. The minimum absolute atomic E-state index is 0.0464. The average Bonchev–Trinajstić information content (AvgIpc) is 2.78. The van der Waals surface area contributed by atoms with Crippen molar-refractivity contribution in [2.24, 2.45) is 5.41 Å². The highest BCUT2D eigenvalue weighted by Gasteiger charge is 2.39. The van der Waals surface area contributed by atoms with E-state index in [9.17, 15) is 14.9 Å². The van der Waals surface area contributed by atoms with Gasteiger partial charge in [-0.1, -0.05) is 31.5 Å². The van der Waals surface area contributed by atoms with Crippen LogP contribution < -0.4 is 10.6 Å². The average molecular weight is 426 g/mol. The Kier molecular flexibility index (Phi) is 4.85. The van der Waals surface area contributed by atoms with Gasteiger partial charge in [0.2, 0.25) is 0 Å². The smallest absolute Gasteiger partial charge is 0.288 e. The molecule has 0 aromatic heterocycles. The number of halogens is 1. The van der Waals surface area contributed by atoms with Crippen molar-refractivity contribution in [3.8, 4) is 0 Å². The summed E-state index contributed by atoms with van der Waals surface area (Å²) in [6.45, 7) is 8.25. The number of hydrogen-bond acceptors (Lipinski definition) is 5. The normalized spacial score (nSPS) is 19.9. The van der Waals surface area contributed by atoms with Crippen LogP contribution in [0.4, 0.5) is 17.1 Å². The summed E-state index contributed by atoms with van der Waals surface area (Å²) in [7, 11) is 0. The maximum absolute atomic E-state index is 13.3. The molecule has 7 heteroatoms. The molecular formula is C23H24ClN3O3. The third-order valence-electron chi connectivity index (χ3n) is 5.93. The zero-order chi connectivity index (χ0) is 21.8. The van der Waals surface area contributed by atoms with Crippen molar-refractivity contribution in [2.45, 2.75) is 46.6 Å². The number of hydrogen-bond donors (Lipinski definition) is 2. The van der Waals surface area contributed by atoms with Crippen molar-refractivity contribution < 1.29 is 9.72 Å². The molecular weight excluding hydrogens is 402 g/mol. The van der Waals surface area contributed by atoms with Crippen molar-refractivity contribution in [1.29, 1.82) is 0 Å². The fourth-order valence-corrected chi connectivity index (χ4v) is 4.50. The summed E-state index contributed by atoms with van der Waals surface area (Å²) in [5.74, 6) is 0.0464. The molecule has 1 aliphatic heterocycles.